The molecule has 0 aliphatic heterocycles. The summed E-state index contributed by atoms with van der Waals surface area (Å²) in [7, 11) is 0. The van der Waals surface area contributed by atoms with Gasteiger partial charge in [-0.25, -0.2) is 0 Å². The Morgan fingerprint density at radius 1 is 1.32 bits per heavy atom. The maximum atomic E-state index is 11.5. The Kier molecular flexibility index (Phi) is 10.6. The lowest BCUT2D eigenvalue weighted by atomic mass is 9.63. The van der Waals surface area contributed by atoms with Gasteiger partial charge in [-0.1, -0.05) is 43.9 Å². The van der Waals surface area contributed by atoms with E-state index >= 15 is 0 Å². The standard InChI is InChI=1S/C27H39NO5S/c28-19-20-18-23(30)22(21(20)8-3-1-2-4-12-26(32)33-16-15-29)9-5-10-24(31)27(13-7-14-27)25-11-6-17-34-25/h5-6,9,11,17,20-24,29-31H,1-4,7-8,10,12-16,18H2/b9-5+/t20?,21-,22?,23+,24?/m0/s1. The summed E-state index contributed by atoms with van der Waals surface area (Å²) < 4.78 is 4.86. The molecule has 0 amide bonds. The molecule has 3 rings (SSSR count). The molecule has 2 aliphatic rings. The Balaban J connectivity index is 1.46. The molecule has 1 aromatic rings. The van der Waals surface area contributed by atoms with Gasteiger partial charge in [-0.3, -0.25) is 4.79 Å². The van der Waals surface area contributed by atoms with Crippen LogP contribution in [0.3, 0.4) is 0 Å². The normalized spacial score (nSPS) is 26.8. The molecule has 1 heterocycles. The van der Waals surface area contributed by atoms with Crippen LogP contribution >= 0.6 is 11.3 Å². The molecule has 188 valence electrons. The smallest absolute Gasteiger partial charge is 0.305 e. The fourth-order valence-corrected chi connectivity index (χ4v) is 6.68. The molecule has 0 aromatic carbocycles. The number of carbonyl (C=O) groups excluding carboxylic acids is 1. The first-order chi connectivity index (χ1) is 16.5. The zero-order valence-electron chi connectivity index (χ0n) is 20.0. The van der Waals surface area contributed by atoms with E-state index in [1.165, 1.54) is 4.88 Å². The van der Waals surface area contributed by atoms with Crippen LogP contribution in [-0.2, 0) is 14.9 Å². The highest BCUT2D eigenvalue weighted by atomic mass is 32.1. The highest BCUT2D eigenvalue weighted by molar-refractivity contribution is 7.10. The monoisotopic (exact) mass is 489 g/mol. The molecular weight excluding hydrogens is 450 g/mol. The molecule has 2 saturated carbocycles. The molecule has 1 aromatic heterocycles. The number of hydrogen-bond acceptors (Lipinski definition) is 7. The van der Waals surface area contributed by atoms with E-state index in [1.54, 1.807) is 11.3 Å². The Morgan fingerprint density at radius 2 is 2.12 bits per heavy atom. The van der Waals surface area contributed by atoms with Gasteiger partial charge in [-0.2, -0.15) is 5.26 Å². The zero-order chi connectivity index (χ0) is 24.4. The van der Waals surface area contributed by atoms with Crippen LogP contribution in [0.25, 0.3) is 0 Å². The van der Waals surface area contributed by atoms with Crippen LogP contribution in [0.5, 0.6) is 0 Å². The van der Waals surface area contributed by atoms with Gasteiger partial charge in [0.25, 0.3) is 0 Å². The minimum atomic E-state index is -0.515. The maximum absolute atomic E-state index is 11.5. The van der Waals surface area contributed by atoms with Gasteiger partial charge in [0.1, 0.15) is 6.61 Å². The topological polar surface area (TPSA) is 111 Å². The van der Waals surface area contributed by atoms with Crippen LogP contribution in [0.1, 0.15) is 75.5 Å². The number of thiophene rings is 1. The largest absolute Gasteiger partial charge is 0.463 e. The Labute approximate surface area is 207 Å². The van der Waals surface area contributed by atoms with E-state index in [9.17, 15) is 20.3 Å². The number of hydrogen-bond donors (Lipinski definition) is 3. The SMILES string of the molecule is N#CC1C[C@@H](O)C(/C=C/CC(O)C2(c3cccs3)CCC2)[C@H]1CCCCCCC(=O)OCCO. The molecule has 0 bridgehead atoms. The lowest BCUT2D eigenvalue weighted by Crippen LogP contribution is -2.44. The van der Waals surface area contributed by atoms with E-state index in [4.69, 9.17) is 9.84 Å². The Hall–Kier alpha value is -1.72. The quantitative estimate of drug-likeness (QED) is 0.202. The third kappa shape index (κ3) is 6.69. The zero-order valence-corrected chi connectivity index (χ0v) is 20.8. The van der Waals surface area contributed by atoms with Crippen molar-refractivity contribution in [3.05, 3.63) is 34.5 Å². The van der Waals surface area contributed by atoms with Crippen molar-refractivity contribution >= 4 is 17.3 Å². The highest BCUT2D eigenvalue weighted by Gasteiger charge is 2.45. The Bertz CT molecular complexity index is 813. The maximum Gasteiger partial charge on any atom is 0.305 e. The lowest BCUT2D eigenvalue weighted by Gasteiger charge is -2.45. The summed E-state index contributed by atoms with van der Waals surface area (Å²) in [5.41, 5.74) is -0.119. The van der Waals surface area contributed by atoms with Crippen molar-refractivity contribution in [1.29, 1.82) is 5.26 Å². The summed E-state index contributed by atoms with van der Waals surface area (Å²) in [4.78, 5) is 12.8. The van der Waals surface area contributed by atoms with Crippen LogP contribution in [-0.4, -0.2) is 46.7 Å². The van der Waals surface area contributed by atoms with Crippen LogP contribution < -0.4 is 0 Å². The number of aliphatic hydroxyl groups excluding tert-OH is 3. The van der Waals surface area contributed by atoms with Crippen molar-refractivity contribution in [2.24, 2.45) is 17.8 Å². The number of nitrogens with zero attached hydrogens (tertiary/aromatic N) is 1. The van der Waals surface area contributed by atoms with Gasteiger partial charge >= 0.3 is 5.97 Å². The van der Waals surface area contributed by atoms with Crippen molar-refractivity contribution in [3.63, 3.8) is 0 Å². The van der Waals surface area contributed by atoms with Gasteiger partial charge in [0.2, 0.25) is 0 Å². The van der Waals surface area contributed by atoms with Crippen LogP contribution in [0.15, 0.2) is 29.7 Å². The number of esters is 1. The predicted molar refractivity (Wildman–Crippen MR) is 132 cm³/mol. The van der Waals surface area contributed by atoms with Gasteiger partial charge < -0.3 is 20.1 Å². The van der Waals surface area contributed by atoms with Gasteiger partial charge in [0, 0.05) is 22.6 Å². The first-order valence-electron chi connectivity index (χ1n) is 12.7. The summed E-state index contributed by atoms with van der Waals surface area (Å²) in [6, 6.07) is 6.57. The first kappa shape index (κ1) is 26.9. The lowest BCUT2D eigenvalue weighted by molar-refractivity contribution is -0.144. The second-order valence-corrected chi connectivity index (χ2v) is 10.8. The predicted octanol–water partition coefficient (Wildman–Crippen LogP) is 4.49. The van der Waals surface area contributed by atoms with Crippen molar-refractivity contribution in [1.82, 2.24) is 0 Å². The summed E-state index contributed by atoms with van der Waals surface area (Å²) in [5, 5.41) is 42.0. The van der Waals surface area contributed by atoms with Crippen LogP contribution in [0.2, 0.25) is 0 Å². The van der Waals surface area contributed by atoms with E-state index in [0.29, 0.717) is 19.3 Å². The molecule has 34 heavy (non-hydrogen) atoms. The van der Waals surface area contributed by atoms with Gasteiger partial charge in [0.15, 0.2) is 0 Å². The minimum absolute atomic E-state index is 0.0515. The molecule has 7 heteroatoms. The number of aliphatic hydroxyl groups is 3. The number of carbonyl (C=O) groups is 1. The first-order valence-corrected chi connectivity index (χ1v) is 13.6. The molecule has 5 atom stereocenters. The van der Waals surface area contributed by atoms with Gasteiger partial charge in [0.05, 0.1) is 30.8 Å². The van der Waals surface area contributed by atoms with Gasteiger partial charge in [-0.15, -0.1) is 11.3 Å². The molecule has 0 radical (unpaired) electrons. The van der Waals surface area contributed by atoms with Crippen molar-refractivity contribution in [2.75, 3.05) is 13.2 Å². The molecule has 0 spiro atoms. The van der Waals surface area contributed by atoms with E-state index in [-0.39, 0.29) is 42.4 Å². The molecule has 3 N–H and O–H groups in total. The fraction of sp³-hybridized carbons (Fsp3) is 0.704. The van der Waals surface area contributed by atoms with Crippen molar-refractivity contribution in [3.8, 4) is 6.07 Å². The van der Waals surface area contributed by atoms with E-state index in [2.05, 4.69) is 17.5 Å². The minimum Gasteiger partial charge on any atom is -0.463 e. The molecular formula is C27H39NO5S. The molecule has 0 saturated heterocycles. The second-order valence-electron chi connectivity index (χ2n) is 9.84. The summed E-state index contributed by atoms with van der Waals surface area (Å²) >= 11 is 1.72. The highest BCUT2D eigenvalue weighted by Crippen LogP contribution is 2.49. The molecule has 3 unspecified atom stereocenters. The van der Waals surface area contributed by atoms with Crippen LogP contribution in [0, 0.1) is 29.1 Å². The van der Waals surface area contributed by atoms with Crippen LogP contribution in [0.4, 0.5) is 0 Å². The molecule has 6 nitrogen and oxygen atoms in total. The average molecular weight is 490 g/mol. The second kappa shape index (κ2) is 13.4. The van der Waals surface area contributed by atoms with E-state index in [1.807, 2.05) is 18.2 Å². The van der Waals surface area contributed by atoms with E-state index < -0.39 is 12.2 Å². The van der Waals surface area contributed by atoms with Crippen molar-refractivity contribution in [2.45, 2.75) is 88.3 Å². The number of nitriles is 1. The average Bonchev–Trinajstić information content (AvgIpc) is 3.43. The third-order valence-corrected chi connectivity index (χ3v) is 8.84. The summed E-state index contributed by atoms with van der Waals surface area (Å²) in [5.74, 6) is -0.345. The summed E-state index contributed by atoms with van der Waals surface area (Å²) in [6.45, 7) is -0.0948. The molecule has 2 aliphatic carbocycles. The third-order valence-electron chi connectivity index (χ3n) is 7.75. The van der Waals surface area contributed by atoms with Gasteiger partial charge in [-0.05, 0) is 55.9 Å². The Morgan fingerprint density at radius 3 is 2.76 bits per heavy atom. The molecule has 2 fully saturated rings. The number of ether oxygens (including phenoxy) is 1. The number of rotatable bonds is 14. The summed E-state index contributed by atoms with van der Waals surface area (Å²) in [6.07, 6.45) is 12.2. The number of unbranched alkanes of at least 4 members (excludes halogenated alkanes) is 3. The fourth-order valence-electron chi connectivity index (χ4n) is 5.65. The van der Waals surface area contributed by atoms with E-state index in [0.717, 1.165) is 51.4 Å². The van der Waals surface area contributed by atoms with Crippen molar-refractivity contribution < 1.29 is 24.9 Å².